The molecule has 1 aromatic rings. The van der Waals surface area contributed by atoms with E-state index >= 15 is 0 Å². The van der Waals surface area contributed by atoms with E-state index in [1.165, 1.54) is 12.1 Å². The van der Waals surface area contributed by atoms with E-state index in [9.17, 15) is 32.3 Å². The van der Waals surface area contributed by atoms with E-state index in [0.29, 0.717) is 10.5 Å². The van der Waals surface area contributed by atoms with Crippen LogP contribution < -0.4 is 0 Å². The first-order chi connectivity index (χ1) is 10.2. The molecule has 1 saturated heterocycles. The van der Waals surface area contributed by atoms with Crippen LogP contribution in [-0.2, 0) is 15.0 Å². The van der Waals surface area contributed by atoms with E-state index in [4.69, 9.17) is 0 Å². The van der Waals surface area contributed by atoms with Gasteiger partial charge >= 0.3 is 18.1 Å². The molecule has 0 aliphatic carbocycles. The van der Waals surface area contributed by atoms with Crippen LogP contribution in [0.15, 0.2) is 24.3 Å². The summed E-state index contributed by atoms with van der Waals surface area (Å²) in [6.45, 7) is -0.635. The summed E-state index contributed by atoms with van der Waals surface area (Å²) in [5.41, 5.74) is -1.09. The molecular weight excluding hydrogens is 306 g/mol. The van der Waals surface area contributed by atoms with Crippen LogP contribution in [-0.4, -0.2) is 41.1 Å². The SMILES string of the molecule is O=C(N1CCC(C(=O)O)(c2ccc(F)cc2)CC1)C(F)(F)F. The summed E-state index contributed by atoms with van der Waals surface area (Å²) in [5, 5.41) is 9.48. The van der Waals surface area contributed by atoms with E-state index in [-0.39, 0.29) is 25.9 Å². The number of likely N-dealkylation sites (tertiary alicyclic amines) is 1. The van der Waals surface area contributed by atoms with Gasteiger partial charge in [-0.25, -0.2) is 4.39 Å². The number of carboxylic acids is 1. The second-order valence-corrected chi connectivity index (χ2v) is 5.18. The van der Waals surface area contributed by atoms with Crippen LogP contribution in [0, 0.1) is 5.82 Å². The van der Waals surface area contributed by atoms with Crippen molar-refractivity contribution in [2.75, 3.05) is 13.1 Å². The number of carboxylic acid groups (broad SMARTS) is 1. The molecule has 1 fully saturated rings. The number of piperidine rings is 1. The second kappa shape index (κ2) is 5.58. The van der Waals surface area contributed by atoms with Crippen molar-refractivity contribution < 1.29 is 32.3 Å². The molecule has 2 rings (SSSR count). The van der Waals surface area contributed by atoms with Crippen LogP contribution in [0.1, 0.15) is 18.4 Å². The zero-order valence-electron chi connectivity index (χ0n) is 11.4. The number of aliphatic carboxylic acids is 1. The molecule has 1 aliphatic heterocycles. The molecule has 1 aromatic carbocycles. The van der Waals surface area contributed by atoms with Gasteiger partial charge in [-0.3, -0.25) is 9.59 Å². The van der Waals surface area contributed by atoms with Crippen LogP contribution >= 0.6 is 0 Å². The first-order valence-electron chi connectivity index (χ1n) is 6.52. The maximum Gasteiger partial charge on any atom is 0.471 e. The smallest absolute Gasteiger partial charge is 0.471 e. The predicted molar refractivity (Wildman–Crippen MR) is 67.6 cm³/mol. The summed E-state index contributed by atoms with van der Waals surface area (Å²) in [4.78, 5) is 23.4. The number of benzene rings is 1. The fraction of sp³-hybridized carbons (Fsp3) is 0.429. The third-order valence-corrected chi connectivity index (χ3v) is 3.95. The molecule has 0 unspecified atom stereocenters. The Morgan fingerprint density at radius 2 is 1.59 bits per heavy atom. The van der Waals surface area contributed by atoms with Gasteiger partial charge in [-0.1, -0.05) is 12.1 Å². The van der Waals surface area contributed by atoms with E-state index in [1.807, 2.05) is 0 Å². The number of amides is 1. The summed E-state index contributed by atoms with van der Waals surface area (Å²) in [7, 11) is 0. The van der Waals surface area contributed by atoms with Gasteiger partial charge in [-0.2, -0.15) is 13.2 Å². The number of hydrogen-bond acceptors (Lipinski definition) is 2. The maximum atomic E-state index is 13.0. The Kier molecular flexibility index (Phi) is 4.12. The highest BCUT2D eigenvalue weighted by molar-refractivity contribution is 5.84. The third kappa shape index (κ3) is 2.90. The predicted octanol–water partition coefficient (Wildman–Crippen LogP) is 2.33. The van der Waals surface area contributed by atoms with Crippen molar-refractivity contribution in [1.29, 1.82) is 0 Å². The van der Waals surface area contributed by atoms with Gasteiger partial charge in [0.15, 0.2) is 0 Å². The van der Waals surface area contributed by atoms with Gasteiger partial charge < -0.3 is 10.0 Å². The molecule has 1 aliphatic rings. The molecule has 8 heteroatoms. The highest BCUT2D eigenvalue weighted by Crippen LogP contribution is 2.37. The Morgan fingerprint density at radius 3 is 2.00 bits per heavy atom. The molecule has 1 heterocycles. The van der Waals surface area contributed by atoms with Crippen molar-refractivity contribution >= 4 is 11.9 Å². The molecule has 0 spiro atoms. The molecule has 120 valence electrons. The van der Waals surface area contributed by atoms with Crippen molar-refractivity contribution in [2.45, 2.75) is 24.4 Å². The van der Waals surface area contributed by atoms with Gasteiger partial charge in [0.1, 0.15) is 5.82 Å². The maximum absolute atomic E-state index is 13.0. The first kappa shape index (κ1) is 16.3. The van der Waals surface area contributed by atoms with Crippen molar-refractivity contribution in [1.82, 2.24) is 4.90 Å². The highest BCUT2D eigenvalue weighted by atomic mass is 19.4. The lowest BCUT2D eigenvalue weighted by atomic mass is 9.73. The van der Waals surface area contributed by atoms with Crippen LogP contribution in [0.2, 0.25) is 0 Å². The Bertz CT molecular complexity index is 575. The lowest BCUT2D eigenvalue weighted by Gasteiger charge is -2.39. The molecule has 0 atom stereocenters. The minimum absolute atomic E-state index is 0.157. The van der Waals surface area contributed by atoms with Crippen molar-refractivity contribution in [3.05, 3.63) is 35.6 Å². The summed E-state index contributed by atoms with van der Waals surface area (Å²) >= 11 is 0. The number of carbonyl (C=O) groups excluding carboxylic acids is 1. The first-order valence-corrected chi connectivity index (χ1v) is 6.52. The summed E-state index contributed by atoms with van der Waals surface area (Å²) < 4.78 is 50.2. The Hall–Kier alpha value is -2.12. The number of halogens is 4. The van der Waals surface area contributed by atoms with Crippen molar-refractivity contribution in [3.63, 3.8) is 0 Å². The molecule has 0 radical (unpaired) electrons. The van der Waals surface area contributed by atoms with Crippen molar-refractivity contribution in [2.24, 2.45) is 0 Å². The minimum atomic E-state index is -4.97. The molecule has 0 aromatic heterocycles. The van der Waals surface area contributed by atoms with Gasteiger partial charge in [-0.05, 0) is 30.5 Å². The third-order valence-electron chi connectivity index (χ3n) is 3.95. The van der Waals surface area contributed by atoms with E-state index in [0.717, 1.165) is 12.1 Å². The minimum Gasteiger partial charge on any atom is -0.481 e. The Labute approximate surface area is 123 Å². The van der Waals surface area contributed by atoms with Crippen LogP contribution in [0.25, 0.3) is 0 Å². The normalized spacial score (nSPS) is 18.1. The molecule has 0 bridgehead atoms. The average molecular weight is 319 g/mol. The number of alkyl halides is 3. The monoisotopic (exact) mass is 319 g/mol. The highest BCUT2D eigenvalue weighted by Gasteiger charge is 2.48. The summed E-state index contributed by atoms with van der Waals surface area (Å²) in [5.74, 6) is -3.70. The van der Waals surface area contributed by atoms with Gasteiger partial charge in [-0.15, -0.1) is 0 Å². The average Bonchev–Trinajstić information content (AvgIpc) is 2.46. The lowest BCUT2D eigenvalue weighted by Crippen LogP contribution is -2.52. The second-order valence-electron chi connectivity index (χ2n) is 5.18. The zero-order chi connectivity index (χ0) is 16.5. The van der Waals surface area contributed by atoms with Gasteiger partial charge in [0.2, 0.25) is 0 Å². The number of carbonyl (C=O) groups is 2. The summed E-state index contributed by atoms with van der Waals surface area (Å²) in [6.07, 6.45) is -5.29. The van der Waals surface area contributed by atoms with Gasteiger partial charge in [0.05, 0.1) is 5.41 Å². The molecule has 22 heavy (non-hydrogen) atoms. The Balaban J connectivity index is 2.22. The zero-order valence-corrected chi connectivity index (χ0v) is 11.4. The standard InChI is InChI=1S/C14H13F4NO3/c15-10-3-1-9(2-4-10)13(12(21)22)5-7-19(8-6-13)11(20)14(16,17)18/h1-4H,5-8H2,(H,21,22). The summed E-state index contributed by atoms with van der Waals surface area (Å²) in [6, 6.07) is 4.83. The van der Waals surface area contributed by atoms with Crippen molar-refractivity contribution in [3.8, 4) is 0 Å². The molecule has 1 amide bonds. The molecule has 4 nitrogen and oxygen atoms in total. The lowest BCUT2D eigenvalue weighted by molar-refractivity contribution is -0.187. The van der Waals surface area contributed by atoms with Crippen LogP contribution in [0.4, 0.5) is 17.6 Å². The largest absolute Gasteiger partial charge is 0.481 e. The fourth-order valence-electron chi connectivity index (χ4n) is 2.67. The van der Waals surface area contributed by atoms with Crippen LogP contribution in [0.3, 0.4) is 0 Å². The van der Waals surface area contributed by atoms with Crippen LogP contribution in [0.5, 0.6) is 0 Å². The molecular formula is C14H13F4NO3. The quantitative estimate of drug-likeness (QED) is 0.851. The van der Waals surface area contributed by atoms with Gasteiger partial charge in [0.25, 0.3) is 0 Å². The molecule has 1 N–H and O–H groups in total. The molecule has 0 saturated carbocycles. The number of nitrogens with zero attached hydrogens (tertiary/aromatic N) is 1. The Morgan fingerprint density at radius 1 is 1.09 bits per heavy atom. The number of rotatable bonds is 2. The van der Waals surface area contributed by atoms with E-state index in [2.05, 4.69) is 0 Å². The fourth-order valence-corrected chi connectivity index (χ4v) is 2.67. The number of hydrogen-bond donors (Lipinski definition) is 1. The van der Waals surface area contributed by atoms with E-state index in [1.54, 1.807) is 0 Å². The topological polar surface area (TPSA) is 57.6 Å². The van der Waals surface area contributed by atoms with E-state index < -0.39 is 29.3 Å². The van der Waals surface area contributed by atoms with Gasteiger partial charge in [0, 0.05) is 13.1 Å².